The van der Waals surface area contributed by atoms with Gasteiger partial charge in [-0.15, -0.1) is 0 Å². The lowest BCUT2D eigenvalue weighted by Crippen LogP contribution is -2.25. The summed E-state index contributed by atoms with van der Waals surface area (Å²) in [5, 5.41) is -1.37. The molecule has 1 aliphatic carbocycles. The molecule has 1 atom stereocenters. The quantitative estimate of drug-likeness (QED) is 0.189. The highest BCUT2D eigenvalue weighted by Gasteiger charge is 2.41. The number of nitrogens with zero attached hydrogens (tertiary/aromatic N) is 1. The summed E-state index contributed by atoms with van der Waals surface area (Å²) in [7, 11) is 0.453. The predicted molar refractivity (Wildman–Crippen MR) is 143 cm³/mol. The van der Waals surface area contributed by atoms with Crippen molar-refractivity contribution in [1.82, 2.24) is 4.90 Å². The maximum atomic E-state index is 13.9. The molecule has 1 nitrogen and oxygen atoms in total. The molecule has 4 rings (SSSR count). The van der Waals surface area contributed by atoms with Crippen LogP contribution in [0.15, 0.2) is 89.8 Å². The average molecular weight is 655 g/mol. The molecule has 44 heavy (non-hydrogen) atoms. The Labute approximate surface area is 245 Å². The Kier molecular flexibility index (Phi) is 9.07. The van der Waals surface area contributed by atoms with Crippen LogP contribution in [0.5, 0.6) is 0 Å². The van der Waals surface area contributed by atoms with E-state index in [0.717, 1.165) is 0 Å². The van der Waals surface area contributed by atoms with Crippen LogP contribution in [0.25, 0.3) is 0 Å². The standard InChI is InChI=1S/C30H22F12NP/c1-43(2)26(17-7-4-3-5-8-17)24-9-6-10-25(24)44(22-13-18(27(31,32)33)11-19(14-22)28(34,35)36)23-15-20(29(37,38)39)12-21(16-23)30(40,41)42/h3-8,10-16,26H,9H2,1-2H3/t26-/m1/s1. The third-order valence-corrected chi connectivity index (χ3v) is 9.27. The van der Waals surface area contributed by atoms with E-state index in [2.05, 4.69) is 0 Å². The lowest BCUT2D eigenvalue weighted by atomic mass is 9.97. The van der Waals surface area contributed by atoms with Gasteiger partial charge in [0, 0.05) is 0 Å². The van der Waals surface area contributed by atoms with Gasteiger partial charge in [0.1, 0.15) is 0 Å². The number of hydrogen-bond donors (Lipinski definition) is 0. The summed E-state index contributed by atoms with van der Waals surface area (Å²) in [6.07, 6.45) is -18.2. The van der Waals surface area contributed by atoms with Crippen LogP contribution in [0.4, 0.5) is 52.7 Å². The van der Waals surface area contributed by atoms with Crippen LogP contribution in [-0.2, 0) is 24.7 Å². The van der Waals surface area contributed by atoms with Crippen molar-refractivity contribution in [3.63, 3.8) is 0 Å². The van der Waals surface area contributed by atoms with E-state index in [-0.39, 0.29) is 23.9 Å². The van der Waals surface area contributed by atoms with E-state index in [1.54, 1.807) is 49.3 Å². The summed E-state index contributed by atoms with van der Waals surface area (Å²) >= 11 is 0. The van der Waals surface area contributed by atoms with Crippen molar-refractivity contribution in [2.24, 2.45) is 0 Å². The van der Waals surface area contributed by atoms with Crippen LogP contribution in [0.2, 0.25) is 0 Å². The number of allylic oxidation sites excluding steroid dienone is 3. The van der Waals surface area contributed by atoms with Gasteiger partial charge in [0.15, 0.2) is 0 Å². The fourth-order valence-corrected chi connectivity index (χ4v) is 7.67. The second-order valence-electron chi connectivity index (χ2n) is 10.2. The highest BCUT2D eigenvalue weighted by molar-refractivity contribution is 7.77. The largest absolute Gasteiger partial charge is 0.416 e. The molecular formula is C30H22F12NP. The summed E-state index contributed by atoms with van der Waals surface area (Å²) in [5.41, 5.74) is -5.92. The molecule has 3 aromatic carbocycles. The van der Waals surface area contributed by atoms with Crippen molar-refractivity contribution in [2.75, 3.05) is 14.1 Å². The third-order valence-electron chi connectivity index (χ3n) is 6.81. The zero-order valence-corrected chi connectivity index (χ0v) is 23.6. The monoisotopic (exact) mass is 655 g/mol. The van der Waals surface area contributed by atoms with Crippen LogP contribution in [0.3, 0.4) is 0 Å². The van der Waals surface area contributed by atoms with Crippen molar-refractivity contribution >= 4 is 18.5 Å². The van der Waals surface area contributed by atoms with Gasteiger partial charge in [0.2, 0.25) is 0 Å². The lowest BCUT2D eigenvalue weighted by Gasteiger charge is -2.31. The normalized spacial score (nSPS) is 15.5. The van der Waals surface area contributed by atoms with Gasteiger partial charge in [-0.05, 0) is 91.9 Å². The summed E-state index contributed by atoms with van der Waals surface area (Å²) in [4.78, 5) is 1.69. The molecule has 0 aromatic heterocycles. The van der Waals surface area contributed by atoms with Crippen molar-refractivity contribution in [3.8, 4) is 0 Å². The molecule has 0 bridgehead atoms. The summed E-state index contributed by atoms with van der Waals surface area (Å²) < 4.78 is 166. The van der Waals surface area contributed by atoms with E-state index in [1.165, 1.54) is 12.2 Å². The molecule has 0 fully saturated rings. The van der Waals surface area contributed by atoms with Crippen LogP contribution in [0, 0.1) is 0 Å². The number of likely N-dealkylation sites (N-methyl/N-ethyl adjacent to an activating group) is 1. The topological polar surface area (TPSA) is 3.24 Å². The minimum absolute atomic E-state index is 0.0439. The third kappa shape index (κ3) is 7.31. The van der Waals surface area contributed by atoms with Crippen molar-refractivity contribution in [1.29, 1.82) is 0 Å². The number of benzene rings is 3. The molecule has 0 heterocycles. The van der Waals surface area contributed by atoms with Gasteiger partial charge < -0.3 is 0 Å². The van der Waals surface area contributed by atoms with E-state index < -0.39 is 71.5 Å². The minimum Gasteiger partial charge on any atom is -0.299 e. The number of rotatable bonds is 6. The van der Waals surface area contributed by atoms with Gasteiger partial charge in [-0.1, -0.05) is 42.5 Å². The zero-order chi connectivity index (χ0) is 32.8. The van der Waals surface area contributed by atoms with Gasteiger partial charge in [-0.3, -0.25) is 4.90 Å². The molecule has 3 aromatic rings. The Bertz CT molecular complexity index is 1420. The van der Waals surface area contributed by atoms with Crippen molar-refractivity contribution in [3.05, 3.63) is 118 Å². The molecule has 0 spiro atoms. The van der Waals surface area contributed by atoms with E-state index in [0.29, 0.717) is 35.4 Å². The molecular weight excluding hydrogens is 633 g/mol. The Morgan fingerprint density at radius 3 is 1.32 bits per heavy atom. The molecule has 0 unspecified atom stereocenters. The number of hydrogen-bond acceptors (Lipinski definition) is 1. The Morgan fingerprint density at radius 1 is 0.591 bits per heavy atom. The van der Waals surface area contributed by atoms with Crippen LogP contribution >= 0.6 is 7.92 Å². The maximum Gasteiger partial charge on any atom is 0.416 e. The van der Waals surface area contributed by atoms with Crippen LogP contribution in [0.1, 0.15) is 40.3 Å². The molecule has 14 heteroatoms. The van der Waals surface area contributed by atoms with Gasteiger partial charge in [0.25, 0.3) is 0 Å². The van der Waals surface area contributed by atoms with Crippen molar-refractivity contribution < 1.29 is 52.7 Å². The number of halogens is 12. The average Bonchev–Trinajstić information content (AvgIpc) is 3.35. The summed E-state index contributed by atoms with van der Waals surface area (Å²) in [5.74, 6) is 0. The lowest BCUT2D eigenvalue weighted by molar-refractivity contribution is -0.144. The number of alkyl halides is 12. The highest BCUT2D eigenvalue weighted by atomic mass is 31.1. The molecule has 0 N–H and O–H groups in total. The van der Waals surface area contributed by atoms with E-state index in [4.69, 9.17) is 0 Å². The second kappa shape index (κ2) is 11.9. The van der Waals surface area contributed by atoms with Crippen molar-refractivity contribution in [2.45, 2.75) is 37.2 Å². The SMILES string of the molecule is CN(C)[C@@H](C1=C(P(c2cc(C(F)(F)F)cc(C(F)(F)F)c2)c2cc(C(F)(F)F)cc(C(F)(F)F)c2)C=CC1)c1ccccc1. The first-order valence-electron chi connectivity index (χ1n) is 12.7. The zero-order valence-electron chi connectivity index (χ0n) is 22.7. The Morgan fingerprint density at radius 2 is 0.977 bits per heavy atom. The summed E-state index contributed by atoms with van der Waals surface area (Å²) in [6.45, 7) is 0. The first-order valence-corrected chi connectivity index (χ1v) is 14.0. The minimum atomic E-state index is -5.30. The molecule has 0 amide bonds. The summed E-state index contributed by atoms with van der Waals surface area (Å²) in [6, 6.07) is 8.97. The molecule has 0 saturated heterocycles. The second-order valence-corrected chi connectivity index (χ2v) is 12.3. The smallest absolute Gasteiger partial charge is 0.299 e. The maximum absolute atomic E-state index is 13.9. The van der Waals surface area contributed by atoms with Crippen LogP contribution in [-0.4, -0.2) is 19.0 Å². The molecule has 0 radical (unpaired) electrons. The molecule has 0 saturated carbocycles. The van der Waals surface area contributed by atoms with Gasteiger partial charge in [0.05, 0.1) is 28.3 Å². The van der Waals surface area contributed by atoms with Gasteiger partial charge in [-0.25, -0.2) is 0 Å². The van der Waals surface area contributed by atoms with Crippen LogP contribution < -0.4 is 10.6 Å². The van der Waals surface area contributed by atoms with Gasteiger partial charge >= 0.3 is 24.7 Å². The van der Waals surface area contributed by atoms with E-state index >= 15 is 0 Å². The van der Waals surface area contributed by atoms with Gasteiger partial charge in [-0.2, -0.15) is 52.7 Å². The molecule has 1 aliphatic rings. The Balaban J connectivity index is 2.14. The Hall–Kier alpha value is -3.31. The first kappa shape index (κ1) is 33.6. The highest BCUT2D eigenvalue weighted by Crippen LogP contribution is 2.53. The molecule has 0 aliphatic heterocycles. The van der Waals surface area contributed by atoms with E-state index in [1.807, 2.05) is 0 Å². The fraction of sp³-hybridized carbons (Fsp3) is 0.267. The van der Waals surface area contributed by atoms with E-state index in [9.17, 15) is 52.7 Å². The fourth-order valence-electron chi connectivity index (χ4n) is 4.99. The predicted octanol–water partition coefficient (Wildman–Crippen LogP) is 9.71. The molecule has 236 valence electrons. The first-order chi connectivity index (χ1) is 20.2.